The highest BCUT2D eigenvalue weighted by Gasteiger charge is 2.40. The molecule has 0 amide bonds. The van der Waals surface area contributed by atoms with E-state index in [4.69, 9.17) is 18.9 Å². The Hall–Kier alpha value is -5.03. The lowest BCUT2D eigenvalue weighted by Gasteiger charge is -2.26. The van der Waals surface area contributed by atoms with Crippen LogP contribution >= 0.6 is 0 Å². The standard InChI is InChI=1S/C40H37F10NO6.ClH/c1-6-55-36(52)35(23-10-8-7-9-11-23)57-37(53)56-34(24-14-27(39(45,46)47)17-28(15-24)40(48,49)50)22(4)51-20-25-16-26(38(42,43)44)12-13-29(25)31-18-30(21(2)3)32(41)19-33(31)54-5;/h7-19,21-22,34-35,51H,6,20H2,1-5H3;1H/t22-,34-,35?;/m0./s1. The second-order valence-corrected chi connectivity index (χ2v) is 13.2. The Morgan fingerprint density at radius 1 is 0.707 bits per heavy atom. The molecule has 316 valence electrons. The average molecular weight is 854 g/mol. The molecule has 4 aromatic carbocycles. The summed E-state index contributed by atoms with van der Waals surface area (Å²) in [4.78, 5) is 26.1. The van der Waals surface area contributed by atoms with E-state index in [1.165, 1.54) is 56.6 Å². The number of rotatable bonds is 13. The van der Waals surface area contributed by atoms with Crippen LogP contribution in [0.2, 0.25) is 0 Å². The average Bonchev–Trinajstić information content (AvgIpc) is 3.13. The molecule has 0 saturated carbocycles. The second kappa shape index (κ2) is 19.1. The van der Waals surface area contributed by atoms with Crippen LogP contribution in [0.25, 0.3) is 11.1 Å². The molecule has 0 aromatic heterocycles. The molecule has 2 N–H and O–H groups in total. The maximum absolute atomic E-state index is 14.9. The lowest BCUT2D eigenvalue weighted by molar-refractivity contribution is -0.708. The number of halogens is 11. The number of alkyl halides is 9. The summed E-state index contributed by atoms with van der Waals surface area (Å²) in [7, 11) is 1.22. The van der Waals surface area contributed by atoms with E-state index in [0.29, 0.717) is 12.1 Å². The van der Waals surface area contributed by atoms with Gasteiger partial charge in [0.25, 0.3) is 0 Å². The minimum absolute atomic E-state index is 0. The molecular formula is C40H38ClF10NO6. The van der Waals surface area contributed by atoms with E-state index in [0.717, 1.165) is 24.3 Å². The van der Waals surface area contributed by atoms with Gasteiger partial charge in [-0.05, 0) is 72.9 Å². The Morgan fingerprint density at radius 3 is 1.81 bits per heavy atom. The van der Waals surface area contributed by atoms with Crippen molar-refractivity contribution < 1.29 is 90.2 Å². The molecule has 0 aliphatic carbocycles. The van der Waals surface area contributed by atoms with Crippen molar-refractivity contribution in [2.24, 2.45) is 0 Å². The van der Waals surface area contributed by atoms with Gasteiger partial charge in [-0.1, -0.05) is 50.2 Å². The van der Waals surface area contributed by atoms with Gasteiger partial charge in [-0.3, -0.25) is 0 Å². The fourth-order valence-electron chi connectivity index (χ4n) is 5.98. The van der Waals surface area contributed by atoms with E-state index in [-0.39, 0.29) is 64.6 Å². The molecule has 0 radical (unpaired) electrons. The summed E-state index contributed by atoms with van der Waals surface area (Å²) in [5, 5.41) is 1.23. The number of hydrogen-bond donors (Lipinski definition) is 1. The summed E-state index contributed by atoms with van der Waals surface area (Å²) in [6, 6.07) is 11.7. The predicted octanol–water partition coefficient (Wildman–Crippen LogP) is 7.34. The van der Waals surface area contributed by atoms with Gasteiger partial charge in [-0.25, -0.2) is 14.0 Å². The largest absolute Gasteiger partial charge is 1.00 e. The Labute approximate surface area is 333 Å². The molecule has 0 bridgehead atoms. The van der Waals surface area contributed by atoms with E-state index in [9.17, 15) is 53.5 Å². The lowest BCUT2D eigenvalue weighted by atomic mass is 9.92. The Kier molecular flexibility index (Phi) is 15.6. The van der Waals surface area contributed by atoms with Gasteiger partial charge in [-0.2, -0.15) is 39.5 Å². The summed E-state index contributed by atoms with van der Waals surface area (Å²) in [5.41, 5.74) is -4.77. The van der Waals surface area contributed by atoms with Gasteiger partial charge in [0, 0.05) is 22.8 Å². The highest BCUT2D eigenvalue weighted by atomic mass is 35.5. The topological polar surface area (TPSA) is 87.7 Å². The zero-order valence-corrected chi connectivity index (χ0v) is 32.2. The van der Waals surface area contributed by atoms with Gasteiger partial charge in [0.2, 0.25) is 6.10 Å². The van der Waals surface area contributed by atoms with Crippen molar-refractivity contribution in [1.29, 1.82) is 0 Å². The molecule has 0 heterocycles. The van der Waals surface area contributed by atoms with Gasteiger partial charge in [-0.15, -0.1) is 0 Å². The molecule has 0 aliphatic heterocycles. The number of carbonyl (C=O) groups excluding carboxylic acids is 2. The zero-order chi connectivity index (χ0) is 42.5. The van der Waals surface area contributed by atoms with Crippen LogP contribution in [-0.2, 0) is 44.1 Å². The summed E-state index contributed by atoms with van der Waals surface area (Å²) in [6.07, 6.45) is -20.9. The molecule has 0 aliphatic rings. The number of esters is 1. The monoisotopic (exact) mass is 853 g/mol. The maximum atomic E-state index is 14.9. The Bertz CT molecular complexity index is 2010. The number of benzene rings is 4. The number of carbonyl (C=O) groups is 2. The second-order valence-electron chi connectivity index (χ2n) is 13.2. The first kappa shape index (κ1) is 47.3. The van der Waals surface area contributed by atoms with Crippen molar-refractivity contribution in [1.82, 2.24) is 0 Å². The van der Waals surface area contributed by atoms with E-state index in [1.54, 1.807) is 19.9 Å². The molecule has 7 nitrogen and oxygen atoms in total. The first-order valence-corrected chi connectivity index (χ1v) is 17.3. The SMILES string of the molecule is CCOC(=O)C(OC(=O)O[C@H](c1cc(C(F)(F)F)cc(C(F)(F)F)c1)[C@H](C)[NH2+]Cc1cc(C(F)(F)F)ccc1-c1cc(C(C)C)c(F)cc1OC)c1ccccc1.[Cl-]. The molecule has 1 unspecified atom stereocenters. The van der Waals surface area contributed by atoms with Crippen LogP contribution in [0.15, 0.2) is 78.9 Å². The molecular weight excluding hydrogens is 816 g/mol. The van der Waals surface area contributed by atoms with Gasteiger partial charge < -0.3 is 36.7 Å². The van der Waals surface area contributed by atoms with E-state index >= 15 is 0 Å². The predicted molar refractivity (Wildman–Crippen MR) is 185 cm³/mol. The molecule has 58 heavy (non-hydrogen) atoms. The van der Waals surface area contributed by atoms with Crippen molar-refractivity contribution in [2.45, 2.75) is 76.9 Å². The van der Waals surface area contributed by atoms with Crippen LogP contribution in [0.5, 0.6) is 5.75 Å². The zero-order valence-electron chi connectivity index (χ0n) is 31.4. The molecule has 4 rings (SSSR count). The van der Waals surface area contributed by atoms with Crippen LogP contribution in [0.3, 0.4) is 0 Å². The van der Waals surface area contributed by atoms with Gasteiger partial charge in [0.15, 0.2) is 6.10 Å². The molecule has 0 fully saturated rings. The van der Waals surface area contributed by atoms with Crippen LogP contribution in [0.4, 0.5) is 48.7 Å². The van der Waals surface area contributed by atoms with Gasteiger partial charge >= 0.3 is 30.7 Å². The van der Waals surface area contributed by atoms with Crippen molar-refractivity contribution >= 4 is 12.1 Å². The first-order valence-electron chi connectivity index (χ1n) is 17.3. The van der Waals surface area contributed by atoms with Crippen LogP contribution in [0, 0.1) is 5.82 Å². The number of methoxy groups -OCH3 is 1. The third-order valence-electron chi connectivity index (χ3n) is 8.83. The van der Waals surface area contributed by atoms with Crippen LogP contribution in [-0.4, -0.2) is 31.9 Å². The third kappa shape index (κ3) is 11.8. The number of hydrogen-bond acceptors (Lipinski definition) is 6. The van der Waals surface area contributed by atoms with Crippen molar-refractivity contribution in [3.05, 3.63) is 124 Å². The normalized spacial score (nSPS) is 13.6. The van der Waals surface area contributed by atoms with Crippen molar-refractivity contribution in [2.75, 3.05) is 13.7 Å². The summed E-state index contributed by atoms with van der Waals surface area (Å²) >= 11 is 0. The Morgan fingerprint density at radius 2 is 1.29 bits per heavy atom. The van der Waals surface area contributed by atoms with Crippen molar-refractivity contribution in [3.63, 3.8) is 0 Å². The molecule has 3 atom stereocenters. The minimum Gasteiger partial charge on any atom is -1.00 e. The highest BCUT2D eigenvalue weighted by molar-refractivity contribution is 5.79. The highest BCUT2D eigenvalue weighted by Crippen LogP contribution is 2.41. The lowest BCUT2D eigenvalue weighted by Crippen LogP contribution is -3.00. The van der Waals surface area contributed by atoms with Gasteiger partial charge in [0.05, 0.1) is 30.4 Å². The van der Waals surface area contributed by atoms with E-state index in [2.05, 4.69) is 0 Å². The quantitative estimate of drug-likeness (QED) is 0.112. The van der Waals surface area contributed by atoms with E-state index in [1.807, 2.05) is 0 Å². The van der Waals surface area contributed by atoms with Crippen LogP contribution < -0.4 is 22.5 Å². The molecule has 18 heteroatoms. The number of ether oxygens (including phenoxy) is 4. The Balaban J connectivity index is 0.00000900. The minimum atomic E-state index is -5.30. The number of quaternary nitrogens is 1. The smallest absolute Gasteiger partial charge is 0.510 e. The summed E-state index contributed by atoms with van der Waals surface area (Å²) < 4.78 is 162. The summed E-state index contributed by atoms with van der Waals surface area (Å²) in [6.45, 7) is 5.50. The van der Waals surface area contributed by atoms with Gasteiger partial charge in [0.1, 0.15) is 24.2 Å². The molecule has 0 saturated heterocycles. The fourth-order valence-corrected chi connectivity index (χ4v) is 5.98. The fraction of sp³-hybridized carbons (Fsp3) is 0.350. The van der Waals surface area contributed by atoms with Crippen molar-refractivity contribution in [3.8, 4) is 16.9 Å². The number of nitrogens with two attached hydrogens (primary N) is 1. The van der Waals surface area contributed by atoms with E-state index < -0.39 is 83.5 Å². The van der Waals surface area contributed by atoms with Crippen LogP contribution in [0.1, 0.15) is 84.8 Å². The molecule has 4 aromatic rings. The molecule has 0 spiro atoms. The summed E-state index contributed by atoms with van der Waals surface area (Å²) in [5.74, 6) is -2.10. The maximum Gasteiger partial charge on any atom is 0.510 e. The third-order valence-corrected chi connectivity index (χ3v) is 8.83. The first-order chi connectivity index (χ1) is 26.5.